The predicted octanol–water partition coefficient (Wildman–Crippen LogP) is 4.78. The Bertz CT molecular complexity index is 569. The molecule has 1 spiro atoms. The lowest BCUT2D eigenvalue weighted by atomic mass is 9.94. The third kappa shape index (κ3) is 4.42. The van der Waals surface area contributed by atoms with Gasteiger partial charge in [0.05, 0.1) is 18.1 Å². The monoisotopic (exact) mass is 346 g/mol. The molecule has 25 heavy (non-hydrogen) atoms. The number of carbonyl (C=O) groups excluding carboxylic acids is 1. The summed E-state index contributed by atoms with van der Waals surface area (Å²) in [5.41, 5.74) is 0.660. The fourth-order valence-electron chi connectivity index (χ4n) is 3.62. The Morgan fingerprint density at radius 2 is 1.80 bits per heavy atom. The molecule has 3 rings (SSSR count). The molecule has 4 heteroatoms. The van der Waals surface area contributed by atoms with Crippen LogP contribution in [-0.2, 0) is 19.0 Å². The molecule has 0 N–H and O–H groups in total. The summed E-state index contributed by atoms with van der Waals surface area (Å²) in [7, 11) is 0. The zero-order valence-corrected chi connectivity index (χ0v) is 15.6. The van der Waals surface area contributed by atoms with E-state index in [1.165, 1.54) is 6.42 Å². The number of hydrogen-bond donors (Lipinski definition) is 0. The van der Waals surface area contributed by atoms with E-state index < -0.39 is 11.2 Å². The number of carbonyl (C=O) groups is 1. The summed E-state index contributed by atoms with van der Waals surface area (Å²) in [5.74, 6) is -0.618. The van der Waals surface area contributed by atoms with Gasteiger partial charge in [0.15, 0.2) is 5.79 Å². The van der Waals surface area contributed by atoms with Gasteiger partial charge in [0.25, 0.3) is 0 Å². The van der Waals surface area contributed by atoms with Crippen LogP contribution in [0.4, 0.5) is 0 Å². The number of esters is 1. The average molecular weight is 346 g/mol. The van der Waals surface area contributed by atoms with Gasteiger partial charge in [-0.2, -0.15) is 0 Å². The maximum absolute atomic E-state index is 12.0. The van der Waals surface area contributed by atoms with Crippen LogP contribution >= 0.6 is 0 Å². The summed E-state index contributed by atoms with van der Waals surface area (Å²) in [6.45, 7) is 5.97. The summed E-state index contributed by atoms with van der Waals surface area (Å²) < 4.78 is 18.3. The first-order valence-electron chi connectivity index (χ1n) is 9.47. The Hall–Kier alpha value is -1.39. The summed E-state index contributed by atoms with van der Waals surface area (Å²) in [6, 6.07) is 10.2. The van der Waals surface area contributed by atoms with Crippen LogP contribution in [0.2, 0.25) is 0 Å². The highest BCUT2D eigenvalue weighted by Gasteiger charge is 2.48. The Morgan fingerprint density at radius 1 is 1.12 bits per heavy atom. The van der Waals surface area contributed by atoms with E-state index in [4.69, 9.17) is 14.2 Å². The van der Waals surface area contributed by atoms with Crippen molar-refractivity contribution in [1.29, 1.82) is 0 Å². The fraction of sp³-hybridized carbons (Fsp3) is 0.667. The lowest BCUT2D eigenvalue weighted by Gasteiger charge is -2.32. The molecular formula is C21H30O4. The van der Waals surface area contributed by atoms with Crippen molar-refractivity contribution in [2.24, 2.45) is 5.41 Å². The van der Waals surface area contributed by atoms with Gasteiger partial charge in [-0.25, -0.2) is 0 Å². The van der Waals surface area contributed by atoms with E-state index in [0.29, 0.717) is 13.0 Å². The van der Waals surface area contributed by atoms with Crippen molar-refractivity contribution in [3.05, 3.63) is 35.9 Å². The van der Waals surface area contributed by atoms with E-state index in [-0.39, 0.29) is 18.2 Å². The summed E-state index contributed by atoms with van der Waals surface area (Å²) in [6.07, 6.45) is 5.94. The molecule has 2 aliphatic rings. The minimum atomic E-state index is -0.476. The minimum absolute atomic E-state index is 0.0757. The standard InChI is InChI=1S/C21H30O4/c1-20(2,3)19(22)23-15-12-17-18(16-10-6-4-7-11-16)25-21(24-17)13-8-5-9-14-21/h4,6-7,10-11,17-18H,5,8-9,12-15H2,1-3H3/t17?,18-/m1/s1. The summed E-state index contributed by atoms with van der Waals surface area (Å²) in [5, 5.41) is 0. The van der Waals surface area contributed by atoms with E-state index in [1.54, 1.807) is 0 Å². The van der Waals surface area contributed by atoms with Crippen molar-refractivity contribution in [2.75, 3.05) is 6.61 Å². The molecule has 1 aromatic rings. The van der Waals surface area contributed by atoms with Crippen LogP contribution in [0.5, 0.6) is 0 Å². The molecule has 1 saturated heterocycles. The number of rotatable bonds is 4. The Balaban J connectivity index is 1.67. The minimum Gasteiger partial charge on any atom is -0.465 e. The first-order chi connectivity index (χ1) is 11.9. The first kappa shape index (κ1) is 18.4. The van der Waals surface area contributed by atoms with Gasteiger partial charge in [0.2, 0.25) is 0 Å². The molecule has 138 valence electrons. The number of ether oxygens (including phenoxy) is 3. The SMILES string of the molecule is CC(C)(C)C(=O)OCCC1OC2(CCCCC2)O[C@@H]1c1ccccc1. The van der Waals surface area contributed by atoms with Gasteiger partial charge in [-0.1, -0.05) is 36.8 Å². The Labute approximate surface area is 150 Å². The lowest BCUT2D eigenvalue weighted by Crippen LogP contribution is -2.33. The van der Waals surface area contributed by atoms with Crippen molar-refractivity contribution >= 4 is 5.97 Å². The highest BCUT2D eigenvalue weighted by atomic mass is 16.8. The molecule has 1 aliphatic heterocycles. The molecule has 1 heterocycles. The van der Waals surface area contributed by atoms with E-state index >= 15 is 0 Å². The van der Waals surface area contributed by atoms with Gasteiger partial charge in [0.1, 0.15) is 6.10 Å². The zero-order valence-electron chi connectivity index (χ0n) is 15.6. The maximum Gasteiger partial charge on any atom is 0.311 e. The average Bonchev–Trinajstić information content (AvgIpc) is 2.93. The second kappa shape index (κ2) is 7.46. The van der Waals surface area contributed by atoms with Gasteiger partial charge in [-0.05, 0) is 39.2 Å². The number of benzene rings is 1. The predicted molar refractivity (Wildman–Crippen MR) is 96.0 cm³/mol. The lowest BCUT2D eigenvalue weighted by molar-refractivity contribution is -0.195. The van der Waals surface area contributed by atoms with Crippen LogP contribution < -0.4 is 0 Å². The molecule has 2 fully saturated rings. The molecular weight excluding hydrogens is 316 g/mol. The highest BCUT2D eigenvalue weighted by Crippen LogP contribution is 2.46. The highest BCUT2D eigenvalue weighted by molar-refractivity contribution is 5.75. The molecule has 1 unspecified atom stereocenters. The molecule has 0 bridgehead atoms. The Morgan fingerprint density at radius 3 is 2.44 bits per heavy atom. The molecule has 1 aliphatic carbocycles. The molecule has 4 nitrogen and oxygen atoms in total. The molecule has 0 amide bonds. The smallest absolute Gasteiger partial charge is 0.311 e. The van der Waals surface area contributed by atoms with Gasteiger partial charge in [0, 0.05) is 19.3 Å². The van der Waals surface area contributed by atoms with Crippen LogP contribution in [0.1, 0.15) is 71.0 Å². The zero-order chi connectivity index (χ0) is 17.9. The summed E-state index contributed by atoms with van der Waals surface area (Å²) >= 11 is 0. The van der Waals surface area contributed by atoms with E-state index in [0.717, 1.165) is 31.2 Å². The normalized spacial score (nSPS) is 25.9. The third-order valence-corrected chi connectivity index (χ3v) is 5.04. The van der Waals surface area contributed by atoms with E-state index in [9.17, 15) is 4.79 Å². The molecule has 2 atom stereocenters. The van der Waals surface area contributed by atoms with Crippen molar-refractivity contribution in [3.8, 4) is 0 Å². The molecule has 0 aromatic heterocycles. The second-order valence-corrected chi connectivity index (χ2v) is 8.25. The van der Waals surface area contributed by atoms with Crippen LogP contribution in [-0.4, -0.2) is 24.5 Å². The van der Waals surface area contributed by atoms with Gasteiger partial charge in [-0.3, -0.25) is 4.79 Å². The summed E-state index contributed by atoms with van der Waals surface area (Å²) in [4.78, 5) is 12.0. The van der Waals surface area contributed by atoms with Crippen LogP contribution in [0.25, 0.3) is 0 Å². The molecule has 1 saturated carbocycles. The van der Waals surface area contributed by atoms with Gasteiger partial charge >= 0.3 is 5.97 Å². The number of hydrogen-bond acceptors (Lipinski definition) is 4. The first-order valence-corrected chi connectivity index (χ1v) is 9.47. The molecule has 1 aromatic carbocycles. The van der Waals surface area contributed by atoms with Crippen molar-refractivity contribution < 1.29 is 19.0 Å². The van der Waals surface area contributed by atoms with E-state index in [1.807, 2.05) is 39.0 Å². The Kier molecular flexibility index (Phi) is 5.49. The third-order valence-electron chi connectivity index (χ3n) is 5.04. The van der Waals surface area contributed by atoms with Crippen molar-refractivity contribution in [3.63, 3.8) is 0 Å². The van der Waals surface area contributed by atoms with Crippen LogP contribution in [0, 0.1) is 5.41 Å². The topological polar surface area (TPSA) is 44.8 Å². The van der Waals surface area contributed by atoms with Crippen molar-refractivity contribution in [2.45, 2.75) is 77.3 Å². The van der Waals surface area contributed by atoms with Crippen LogP contribution in [0.3, 0.4) is 0 Å². The largest absolute Gasteiger partial charge is 0.465 e. The fourth-order valence-corrected chi connectivity index (χ4v) is 3.62. The van der Waals surface area contributed by atoms with Gasteiger partial charge in [-0.15, -0.1) is 0 Å². The maximum atomic E-state index is 12.0. The quantitative estimate of drug-likeness (QED) is 0.736. The van der Waals surface area contributed by atoms with Crippen LogP contribution in [0.15, 0.2) is 30.3 Å². The van der Waals surface area contributed by atoms with Gasteiger partial charge < -0.3 is 14.2 Å². The van der Waals surface area contributed by atoms with Crippen molar-refractivity contribution in [1.82, 2.24) is 0 Å². The molecule has 0 radical (unpaired) electrons. The second-order valence-electron chi connectivity index (χ2n) is 8.25. The van der Waals surface area contributed by atoms with E-state index in [2.05, 4.69) is 12.1 Å².